The number of nitro groups is 2. The number of hydrogen-bond acceptors (Lipinski definition) is 11. The van der Waals surface area contributed by atoms with E-state index < -0.39 is 44.0 Å². The number of rotatable bonds is 13. The van der Waals surface area contributed by atoms with E-state index in [9.17, 15) is 29.4 Å². The molecule has 0 bridgehead atoms. The molecule has 18 heteroatoms. The summed E-state index contributed by atoms with van der Waals surface area (Å²) in [6, 6.07) is 25.0. The first-order valence-corrected chi connectivity index (χ1v) is 19.0. The Bertz CT molecular complexity index is 1860. The number of nitrogens with zero attached hydrogens (tertiary/aromatic N) is 4. The van der Waals surface area contributed by atoms with Gasteiger partial charge >= 0.3 is 15.2 Å². The van der Waals surface area contributed by atoms with Gasteiger partial charge in [0.15, 0.2) is 11.6 Å². The van der Waals surface area contributed by atoms with Crippen LogP contribution in [0.3, 0.4) is 0 Å². The summed E-state index contributed by atoms with van der Waals surface area (Å²) in [5, 5.41) is 23.9. The Morgan fingerprint density at radius 1 is 0.604 bits per heavy atom. The molecular formula is C30H31N4O11P3. The molecule has 4 aromatic rings. The van der Waals surface area contributed by atoms with Crippen LogP contribution in [0.1, 0.15) is 22.7 Å². The molecule has 1 aliphatic heterocycles. The predicted octanol–water partition coefficient (Wildman–Crippen LogP) is 8.02. The number of fused-ring (bicyclic) bond motifs is 1. The van der Waals surface area contributed by atoms with Crippen molar-refractivity contribution in [2.45, 2.75) is 11.6 Å². The molecule has 0 amide bonds. The first-order valence-electron chi connectivity index (χ1n) is 14.2. The summed E-state index contributed by atoms with van der Waals surface area (Å²) in [4.78, 5) is 22.5. The molecule has 1 heterocycles. The van der Waals surface area contributed by atoms with Crippen LogP contribution in [-0.4, -0.2) is 38.3 Å². The van der Waals surface area contributed by atoms with Crippen LogP contribution in [0, 0.1) is 20.2 Å². The summed E-state index contributed by atoms with van der Waals surface area (Å²) < 4.78 is 70.4. The predicted molar refractivity (Wildman–Crippen MR) is 180 cm³/mol. The zero-order valence-electron chi connectivity index (χ0n) is 26.1. The summed E-state index contributed by atoms with van der Waals surface area (Å²) in [6.07, 6.45) is 0. The maximum Gasteiger partial charge on any atom is 0.357 e. The van der Waals surface area contributed by atoms with Gasteiger partial charge in [-0.1, -0.05) is 54.6 Å². The van der Waals surface area contributed by atoms with Gasteiger partial charge in [-0.3, -0.25) is 43.3 Å². The number of nitro benzene ring substituents is 2. The largest absolute Gasteiger partial charge is 0.357 e. The Balaban J connectivity index is 1.94. The lowest BCUT2D eigenvalue weighted by atomic mass is 10.1. The zero-order valence-corrected chi connectivity index (χ0v) is 28.8. The van der Waals surface area contributed by atoms with Crippen molar-refractivity contribution < 1.29 is 41.6 Å². The van der Waals surface area contributed by atoms with Crippen LogP contribution in [0.5, 0.6) is 0 Å². The maximum absolute atomic E-state index is 16.5. The fourth-order valence-electron chi connectivity index (χ4n) is 5.74. The molecule has 0 saturated heterocycles. The van der Waals surface area contributed by atoms with Crippen LogP contribution in [0.4, 0.5) is 22.7 Å². The summed E-state index contributed by atoms with van der Waals surface area (Å²) in [6.45, 7) is 0. The van der Waals surface area contributed by atoms with Crippen molar-refractivity contribution in [1.82, 2.24) is 0 Å². The van der Waals surface area contributed by atoms with E-state index in [2.05, 4.69) is 0 Å². The third-order valence-electron chi connectivity index (χ3n) is 7.89. The summed E-state index contributed by atoms with van der Waals surface area (Å²) in [5.74, 6) is -3.17. The summed E-state index contributed by atoms with van der Waals surface area (Å²) in [7, 11) is -8.76. The second kappa shape index (κ2) is 13.7. The van der Waals surface area contributed by atoms with Gasteiger partial charge in [0.2, 0.25) is 0 Å². The fourth-order valence-corrected chi connectivity index (χ4v) is 13.3. The molecule has 2 atom stereocenters. The highest BCUT2D eigenvalue weighted by Gasteiger charge is 2.60. The monoisotopic (exact) mass is 716 g/mol. The van der Waals surface area contributed by atoms with Gasteiger partial charge in [0, 0.05) is 52.7 Å². The molecule has 4 aromatic carbocycles. The number of benzene rings is 4. The molecule has 5 rings (SSSR count). The van der Waals surface area contributed by atoms with Crippen molar-refractivity contribution in [3.05, 3.63) is 134 Å². The van der Waals surface area contributed by atoms with Gasteiger partial charge < -0.3 is 18.1 Å². The molecular weight excluding hydrogens is 685 g/mol. The Morgan fingerprint density at radius 2 is 0.979 bits per heavy atom. The molecule has 252 valence electrons. The molecule has 0 aliphatic carbocycles. The zero-order chi connectivity index (χ0) is 34.9. The molecule has 0 aromatic heterocycles. The Hall–Kier alpha value is -4.19. The van der Waals surface area contributed by atoms with E-state index in [-0.39, 0.29) is 39.2 Å². The second-order valence-corrected chi connectivity index (χ2v) is 17.4. The number of non-ortho nitro benzene ring substituents is 2. The van der Waals surface area contributed by atoms with Gasteiger partial charge in [0.25, 0.3) is 18.8 Å². The van der Waals surface area contributed by atoms with Crippen molar-refractivity contribution in [3.63, 3.8) is 0 Å². The molecule has 2 unspecified atom stereocenters. The Labute approximate surface area is 275 Å². The van der Waals surface area contributed by atoms with Crippen LogP contribution in [-0.2, 0) is 31.8 Å². The van der Waals surface area contributed by atoms with Crippen molar-refractivity contribution in [3.8, 4) is 0 Å². The SMILES string of the molecule is COP(=O)(OC)C(c1cccc([N+](=O)[O-])c1)N1c2ccccc2N(C(c2cccc([N+](=O)[O-])c2)P(=O)(OC)OC)P1(=O)c1ccccc1. The number of hydrogen-bond donors (Lipinski definition) is 0. The van der Waals surface area contributed by atoms with Crippen molar-refractivity contribution in [2.24, 2.45) is 0 Å². The number of anilines is 2. The molecule has 48 heavy (non-hydrogen) atoms. The molecule has 0 spiro atoms. The van der Waals surface area contributed by atoms with E-state index in [1.165, 1.54) is 57.9 Å². The third kappa shape index (κ3) is 5.88. The van der Waals surface area contributed by atoms with E-state index in [1.807, 2.05) is 0 Å². The Kier molecular flexibility index (Phi) is 10.1. The van der Waals surface area contributed by atoms with E-state index in [0.717, 1.165) is 28.4 Å². The minimum absolute atomic E-state index is 0.0672. The van der Waals surface area contributed by atoms with Gasteiger partial charge in [-0.05, 0) is 35.4 Å². The second-order valence-electron chi connectivity index (χ2n) is 10.3. The van der Waals surface area contributed by atoms with Crippen molar-refractivity contribution >= 4 is 50.7 Å². The minimum Gasteiger partial charge on any atom is -0.310 e. The van der Waals surface area contributed by atoms with Crippen molar-refractivity contribution in [2.75, 3.05) is 37.8 Å². The molecule has 15 nitrogen and oxygen atoms in total. The third-order valence-corrected chi connectivity index (χ3v) is 15.6. The molecule has 0 N–H and O–H groups in total. The highest BCUT2D eigenvalue weighted by atomic mass is 31.2. The Morgan fingerprint density at radius 3 is 1.33 bits per heavy atom. The van der Waals surface area contributed by atoms with E-state index in [4.69, 9.17) is 18.1 Å². The van der Waals surface area contributed by atoms with E-state index in [1.54, 1.807) is 54.6 Å². The lowest BCUT2D eigenvalue weighted by molar-refractivity contribution is -0.385. The van der Waals surface area contributed by atoms with Gasteiger partial charge in [-0.25, -0.2) is 0 Å². The molecule has 0 fully saturated rings. The van der Waals surface area contributed by atoms with Crippen LogP contribution in [0.25, 0.3) is 0 Å². The van der Waals surface area contributed by atoms with Crippen LogP contribution >= 0.6 is 22.6 Å². The van der Waals surface area contributed by atoms with Crippen molar-refractivity contribution in [1.29, 1.82) is 0 Å². The lowest BCUT2D eigenvalue weighted by Gasteiger charge is -2.42. The van der Waals surface area contributed by atoms with Crippen LogP contribution < -0.4 is 14.6 Å². The quantitative estimate of drug-likeness (QED) is 0.0738. The summed E-state index contributed by atoms with van der Waals surface area (Å²) in [5.41, 5.74) is -0.148. The van der Waals surface area contributed by atoms with Gasteiger partial charge in [0.05, 0.1) is 26.5 Å². The van der Waals surface area contributed by atoms with Crippen LogP contribution in [0.15, 0.2) is 103 Å². The average Bonchev–Trinajstić information content (AvgIpc) is 3.37. The smallest absolute Gasteiger partial charge is 0.310 e. The highest BCUT2D eigenvalue weighted by molar-refractivity contribution is 7.76. The molecule has 0 saturated carbocycles. The topological polar surface area (TPSA) is 181 Å². The van der Waals surface area contributed by atoms with Crippen LogP contribution in [0.2, 0.25) is 0 Å². The van der Waals surface area contributed by atoms with Gasteiger partial charge in [0.1, 0.15) is 0 Å². The fraction of sp³-hybridized carbons (Fsp3) is 0.200. The first kappa shape index (κ1) is 35.1. The molecule has 0 radical (unpaired) electrons. The van der Waals surface area contributed by atoms with Gasteiger partial charge in [-0.2, -0.15) is 0 Å². The van der Waals surface area contributed by atoms with E-state index in [0.29, 0.717) is 0 Å². The number of para-hydroxylation sites is 2. The average molecular weight is 717 g/mol. The lowest BCUT2D eigenvalue weighted by Crippen LogP contribution is -2.36. The highest BCUT2D eigenvalue weighted by Crippen LogP contribution is 2.79. The van der Waals surface area contributed by atoms with E-state index >= 15 is 4.57 Å². The van der Waals surface area contributed by atoms with Gasteiger partial charge in [-0.15, -0.1) is 0 Å². The first-order chi connectivity index (χ1) is 22.9. The standard InChI is InChI=1S/C30H31N4O11P3/c1-42-47(40,43-2)29(22-12-10-14-24(20-22)33(35)36)31-27-18-8-9-19-28(27)32(46(31,39)26-16-6-5-7-17-26)30(48(41,44-3)45-4)23-13-11-15-25(21-23)34(37)38/h5-21,29-30H,1-4H3. The maximum atomic E-state index is 16.5. The summed E-state index contributed by atoms with van der Waals surface area (Å²) >= 11 is 0. The normalized spacial score (nSPS) is 17.5. The minimum atomic E-state index is -4.53. The molecule has 1 aliphatic rings.